The lowest BCUT2D eigenvalue weighted by Gasteiger charge is -2.30. The summed E-state index contributed by atoms with van der Waals surface area (Å²) in [5.74, 6) is -2.44. The monoisotopic (exact) mass is 437 g/mol. The third kappa shape index (κ3) is 3.91. The fraction of sp³-hybridized carbons (Fsp3) is 0.111. The average Bonchev–Trinajstić information content (AvgIpc) is 2.58. The lowest BCUT2D eigenvalue weighted by Crippen LogP contribution is -2.45. The van der Waals surface area contributed by atoms with Gasteiger partial charge in [0.05, 0.1) is 11.6 Å². The van der Waals surface area contributed by atoms with Gasteiger partial charge in [-0.25, -0.2) is 8.78 Å². The van der Waals surface area contributed by atoms with Gasteiger partial charge in [-0.15, -0.1) is 0 Å². The zero-order valence-electron chi connectivity index (χ0n) is 13.6. The number of allylic oxidation sites excluding steroid dienone is 1. The second-order valence-electron chi connectivity index (χ2n) is 5.70. The first-order valence-corrected chi connectivity index (χ1v) is 8.85. The SMILES string of the molecule is CC1=C(C(=O)Nc2ccc(F)c(F)c2)C(c2ccc(Br)cc2)NC(=S)N1. The lowest BCUT2D eigenvalue weighted by molar-refractivity contribution is -0.113. The summed E-state index contributed by atoms with van der Waals surface area (Å²) >= 11 is 8.58. The second kappa shape index (κ2) is 7.51. The number of amides is 1. The summed E-state index contributed by atoms with van der Waals surface area (Å²) in [4.78, 5) is 12.8. The van der Waals surface area contributed by atoms with E-state index in [2.05, 4.69) is 31.9 Å². The Kier molecular flexibility index (Phi) is 5.33. The number of benzene rings is 2. The summed E-state index contributed by atoms with van der Waals surface area (Å²) in [7, 11) is 0. The Morgan fingerprint density at radius 2 is 1.85 bits per heavy atom. The van der Waals surface area contributed by atoms with Crippen LogP contribution in [0.1, 0.15) is 18.5 Å². The maximum Gasteiger partial charge on any atom is 0.255 e. The molecule has 3 rings (SSSR count). The van der Waals surface area contributed by atoms with Crippen LogP contribution in [-0.2, 0) is 4.79 Å². The van der Waals surface area contributed by atoms with Gasteiger partial charge in [0.15, 0.2) is 16.7 Å². The van der Waals surface area contributed by atoms with Gasteiger partial charge in [0.1, 0.15) is 0 Å². The van der Waals surface area contributed by atoms with E-state index in [0.29, 0.717) is 16.4 Å². The minimum absolute atomic E-state index is 0.164. The van der Waals surface area contributed by atoms with Gasteiger partial charge in [0.25, 0.3) is 5.91 Å². The molecule has 0 radical (unpaired) electrons. The second-order valence-corrected chi connectivity index (χ2v) is 7.03. The minimum Gasteiger partial charge on any atom is -0.351 e. The van der Waals surface area contributed by atoms with Crippen LogP contribution in [0, 0.1) is 11.6 Å². The molecule has 2 aromatic carbocycles. The van der Waals surface area contributed by atoms with E-state index in [1.807, 2.05) is 24.3 Å². The van der Waals surface area contributed by atoms with Crippen molar-refractivity contribution in [1.29, 1.82) is 0 Å². The predicted octanol–water partition coefficient (Wildman–Crippen LogP) is 4.16. The number of halogens is 3. The van der Waals surface area contributed by atoms with Crippen molar-refractivity contribution in [2.75, 3.05) is 5.32 Å². The van der Waals surface area contributed by atoms with Gasteiger partial charge in [-0.1, -0.05) is 28.1 Å². The Balaban J connectivity index is 1.93. The summed E-state index contributed by atoms with van der Waals surface area (Å²) < 4.78 is 27.4. The van der Waals surface area contributed by atoms with Gasteiger partial charge in [-0.2, -0.15) is 0 Å². The van der Waals surface area contributed by atoms with Crippen molar-refractivity contribution in [3.8, 4) is 0 Å². The quantitative estimate of drug-likeness (QED) is 0.631. The van der Waals surface area contributed by atoms with Crippen molar-refractivity contribution in [2.24, 2.45) is 0 Å². The third-order valence-corrected chi connectivity index (χ3v) is 4.64. The van der Waals surface area contributed by atoms with E-state index < -0.39 is 23.6 Å². The highest BCUT2D eigenvalue weighted by Gasteiger charge is 2.30. The van der Waals surface area contributed by atoms with Gasteiger partial charge in [-0.3, -0.25) is 4.79 Å². The first kappa shape index (κ1) is 18.5. The summed E-state index contributed by atoms with van der Waals surface area (Å²) in [6.07, 6.45) is 0. The Hall–Kier alpha value is -2.32. The maximum absolute atomic E-state index is 13.4. The molecule has 0 bridgehead atoms. The molecule has 1 heterocycles. The van der Waals surface area contributed by atoms with Crippen molar-refractivity contribution in [3.05, 3.63) is 75.4 Å². The van der Waals surface area contributed by atoms with E-state index >= 15 is 0 Å². The van der Waals surface area contributed by atoms with E-state index in [1.54, 1.807) is 6.92 Å². The van der Waals surface area contributed by atoms with Crippen LogP contribution in [0.15, 0.2) is 58.2 Å². The number of rotatable bonds is 3. The fourth-order valence-electron chi connectivity index (χ4n) is 2.67. The molecule has 0 aromatic heterocycles. The molecule has 1 unspecified atom stereocenters. The predicted molar refractivity (Wildman–Crippen MR) is 103 cm³/mol. The Morgan fingerprint density at radius 3 is 2.50 bits per heavy atom. The number of hydrogen-bond acceptors (Lipinski definition) is 2. The van der Waals surface area contributed by atoms with Crippen molar-refractivity contribution >= 4 is 44.9 Å². The maximum atomic E-state index is 13.4. The van der Waals surface area contributed by atoms with E-state index in [-0.39, 0.29) is 5.69 Å². The van der Waals surface area contributed by atoms with E-state index in [9.17, 15) is 13.6 Å². The molecule has 26 heavy (non-hydrogen) atoms. The summed E-state index contributed by atoms with van der Waals surface area (Å²) in [5.41, 5.74) is 2.00. The number of anilines is 1. The molecule has 0 saturated heterocycles. The highest BCUT2D eigenvalue weighted by molar-refractivity contribution is 9.10. The molecule has 2 aromatic rings. The van der Waals surface area contributed by atoms with Crippen molar-refractivity contribution in [1.82, 2.24) is 10.6 Å². The smallest absolute Gasteiger partial charge is 0.255 e. The third-order valence-electron chi connectivity index (χ3n) is 3.89. The zero-order valence-corrected chi connectivity index (χ0v) is 16.0. The van der Waals surface area contributed by atoms with Crippen LogP contribution in [0.5, 0.6) is 0 Å². The van der Waals surface area contributed by atoms with Crippen LogP contribution in [0.25, 0.3) is 0 Å². The van der Waals surface area contributed by atoms with Crippen molar-refractivity contribution < 1.29 is 13.6 Å². The molecule has 0 fully saturated rings. The Labute approximate surface area is 162 Å². The largest absolute Gasteiger partial charge is 0.351 e. The van der Waals surface area contributed by atoms with Crippen molar-refractivity contribution in [3.63, 3.8) is 0 Å². The highest BCUT2D eigenvalue weighted by Crippen LogP contribution is 2.29. The van der Waals surface area contributed by atoms with Gasteiger partial charge in [0.2, 0.25) is 0 Å². The number of nitrogens with one attached hydrogen (secondary N) is 3. The molecule has 1 aliphatic heterocycles. The summed E-state index contributed by atoms with van der Waals surface area (Å²) in [6.45, 7) is 1.74. The number of thiocarbonyl (C=S) groups is 1. The molecule has 1 aliphatic rings. The highest BCUT2D eigenvalue weighted by atomic mass is 79.9. The molecule has 4 nitrogen and oxygen atoms in total. The average molecular weight is 438 g/mol. The summed E-state index contributed by atoms with van der Waals surface area (Å²) in [5, 5.41) is 9.00. The molecule has 134 valence electrons. The van der Waals surface area contributed by atoms with Crippen LogP contribution in [0.4, 0.5) is 14.5 Å². The molecule has 8 heteroatoms. The standard InChI is InChI=1S/C18H14BrF2N3OS/c1-9-15(17(25)23-12-6-7-13(20)14(21)8-12)16(24-18(26)22-9)10-2-4-11(19)5-3-10/h2-8,16H,1H3,(H,23,25)(H2,22,24,26). The van der Waals surface area contributed by atoms with E-state index in [0.717, 1.165) is 22.2 Å². The number of hydrogen-bond donors (Lipinski definition) is 3. The van der Waals surface area contributed by atoms with Crippen molar-refractivity contribution in [2.45, 2.75) is 13.0 Å². The number of carbonyl (C=O) groups excluding carboxylic acids is 1. The van der Waals surface area contributed by atoms with E-state index in [4.69, 9.17) is 12.2 Å². The molecular weight excluding hydrogens is 424 g/mol. The molecular formula is C18H14BrF2N3OS. The molecule has 0 aliphatic carbocycles. The van der Waals surface area contributed by atoms with Gasteiger partial charge < -0.3 is 16.0 Å². The minimum atomic E-state index is -1.03. The van der Waals surface area contributed by atoms with Gasteiger partial charge in [0, 0.05) is 21.9 Å². The van der Waals surface area contributed by atoms with Gasteiger partial charge >= 0.3 is 0 Å². The zero-order chi connectivity index (χ0) is 18.8. The first-order chi connectivity index (χ1) is 12.3. The molecule has 1 amide bonds. The topological polar surface area (TPSA) is 53.2 Å². The molecule has 3 N–H and O–H groups in total. The van der Waals surface area contributed by atoms with Crippen LogP contribution in [0.2, 0.25) is 0 Å². The lowest BCUT2D eigenvalue weighted by atomic mass is 9.95. The Morgan fingerprint density at radius 1 is 1.15 bits per heavy atom. The van der Waals surface area contributed by atoms with Crippen LogP contribution in [-0.4, -0.2) is 11.0 Å². The van der Waals surface area contributed by atoms with Crippen LogP contribution >= 0.6 is 28.1 Å². The van der Waals surface area contributed by atoms with Gasteiger partial charge in [-0.05, 0) is 49.0 Å². The molecule has 1 atom stereocenters. The molecule has 0 spiro atoms. The van der Waals surface area contributed by atoms with Crippen LogP contribution in [0.3, 0.4) is 0 Å². The first-order valence-electron chi connectivity index (χ1n) is 7.65. The van der Waals surface area contributed by atoms with Crippen LogP contribution < -0.4 is 16.0 Å². The molecule has 0 saturated carbocycles. The fourth-order valence-corrected chi connectivity index (χ4v) is 3.21. The number of carbonyl (C=O) groups is 1. The normalized spacial score (nSPS) is 16.8. The summed E-state index contributed by atoms with van der Waals surface area (Å²) in [6, 6.07) is 10.2. The van der Waals surface area contributed by atoms with E-state index in [1.165, 1.54) is 6.07 Å². The Bertz CT molecular complexity index is 915.